The van der Waals surface area contributed by atoms with Gasteiger partial charge in [0.1, 0.15) is 5.56 Å². The summed E-state index contributed by atoms with van der Waals surface area (Å²) < 4.78 is 6.53. The molecule has 0 aromatic carbocycles. The quantitative estimate of drug-likeness (QED) is 0.787. The minimum absolute atomic E-state index is 0.0725. The molecular weight excluding hydrogens is 342 g/mol. The first-order chi connectivity index (χ1) is 12.1. The van der Waals surface area contributed by atoms with Crippen LogP contribution in [-0.4, -0.2) is 64.8 Å². The number of nitrogens with zero attached hydrogens (tertiary/aromatic N) is 5. The lowest BCUT2D eigenvalue weighted by Crippen LogP contribution is -2.43. The van der Waals surface area contributed by atoms with Gasteiger partial charge in [-0.1, -0.05) is 18.3 Å². The van der Waals surface area contributed by atoms with Gasteiger partial charge in [-0.15, -0.1) is 5.10 Å². The number of anilines is 1. The molecule has 0 N–H and O–H groups in total. The summed E-state index contributed by atoms with van der Waals surface area (Å²) >= 11 is 1.40. The van der Waals surface area contributed by atoms with Gasteiger partial charge in [0.15, 0.2) is 0 Å². The lowest BCUT2D eigenvalue weighted by Gasteiger charge is -2.30. The van der Waals surface area contributed by atoms with Crippen molar-refractivity contribution in [2.75, 3.05) is 44.3 Å². The Hall–Kier alpha value is -2.00. The Morgan fingerprint density at radius 1 is 1.32 bits per heavy atom. The molecule has 4 heterocycles. The highest BCUT2D eigenvalue weighted by Gasteiger charge is 2.25. The van der Waals surface area contributed by atoms with Crippen molar-refractivity contribution in [1.82, 2.24) is 19.5 Å². The summed E-state index contributed by atoms with van der Waals surface area (Å²) in [5, 5.41) is 5.25. The first-order valence-electron chi connectivity index (χ1n) is 8.64. The number of morpholine rings is 1. The van der Waals surface area contributed by atoms with Crippen molar-refractivity contribution in [3.8, 4) is 0 Å². The topological polar surface area (TPSA) is 80.0 Å². The normalized spacial score (nSPS) is 21.7. The Bertz CT molecular complexity index is 842. The van der Waals surface area contributed by atoms with Crippen molar-refractivity contribution in [3.63, 3.8) is 0 Å². The SMILES string of the molecule is C[C@H]1CCCN(c2nn3c(=O)c(C(=O)N4CCOCC4)cnc3s2)C1. The van der Waals surface area contributed by atoms with Gasteiger partial charge in [0.2, 0.25) is 10.1 Å². The highest BCUT2D eigenvalue weighted by molar-refractivity contribution is 7.20. The number of amides is 1. The maximum absolute atomic E-state index is 12.7. The van der Waals surface area contributed by atoms with Crippen LogP contribution in [0.2, 0.25) is 0 Å². The molecule has 1 atom stereocenters. The first kappa shape index (κ1) is 16.5. The van der Waals surface area contributed by atoms with E-state index < -0.39 is 5.56 Å². The van der Waals surface area contributed by atoms with E-state index in [0.29, 0.717) is 37.2 Å². The molecule has 1 amide bonds. The summed E-state index contributed by atoms with van der Waals surface area (Å²) in [6.45, 7) is 6.09. The van der Waals surface area contributed by atoms with E-state index in [4.69, 9.17) is 4.74 Å². The van der Waals surface area contributed by atoms with Gasteiger partial charge in [0, 0.05) is 32.4 Å². The van der Waals surface area contributed by atoms with E-state index in [1.54, 1.807) is 4.90 Å². The Kier molecular flexibility index (Phi) is 4.43. The van der Waals surface area contributed by atoms with E-state index in [9.17, 15) is 9.59 Å². The van der Waals surface area contributed by atoms with Crippen molar-refractivity contribution < 1.29 is 9.53 Å². The molecule has 2 aromatic rings. The summed E-state index contributed by atoms with van der Waals surface area (Å²) in [6.07, 6.45) is 3.73. The molecule has 25 heavy (non-hydrogen) atoms. The second kappa shape index (κ2) is 6.72. The monoisotopic (exact) mass is 363 g/mol. The zero-order valence-electron chi connectivity index (χ0n) is 14.2. The van der Waals surface area contributed by atoms with Crippen LogP contribution in [0.4, 0.5) is 5.13 Å². The van der Waals surface area contributed by atoms with Crippen molar-refractivity contribution in [2.45, 2.75) is 19.8 Å². The fraction of sp³-hybridized carbons (Fsp3) is 0.625. The lowest BCUT2D eigenvalue weighted by atomic mass is 10.0. The van der Waals surface area contributed by atoms with Crippen LogP contribution < -0.4 is 10.5 Å². The number of hydrogen-bond acceptors (Lipinski definition) is 7. The van der Waals surface area contributed by atoms with Gasteiger partial charge in [-0.2, -0.15) is 4.52 Å². The lowest BCUT2D eigenvalue weighted by molar-refractivity contribution is 0.0301. The molecule has 8 nitrogen and oxygen atoms in total. The molecule has 2 aliphatic rings. The maximum Gasteiger partial charge on any atom is 0.288 e. The van der Waals surface area contributed by atoms with Crippen LogP contribution >= 0.6 is 11.3 Å². The molecule has 0 radical (unpaired) electrons. The Morgan fingerprint density at radius 3 is 2.88 bits per heavy atom. The predicted octanol–water partition coefficient (Wildman–Crippen LogP) is 0.860. The van der Waals surface area contributed by atoms with Gasteiger partial charge in [-0.3, -0.25) is 9.59 Å². The average molecular weight is 363 g/mol. The summed E-state index contributed by atoms with van der Waals surface area (Å²) in [6, 6.07) is 0. The van der Waals surface area contributed by atoms with Crippen LogP contribution in [0.1, 0.15) is 30.1 Å². The Morgan fingerprint density at radius 2 is 2.12 bits per heavy atom. The third-order valence-electron chi connectivity index (χ3n) is 4.73. The zero-order chi connectivity index (χ0) is 17.4. The number of carbonyl (C=O) groups excluding carboxylic acids is 1. The molecule has 134 valence electrons. The second-order valence-electron chi connectivity index (χ2n) is 6.65. The largest absolute Gasteiger partial charge is 0.378 e. The van der Waals surface area contributed by atoms with Crippen LogP contribution in [0.25, 0.3) is 4.96 Å². The van der Waals surface area contributed by atoms with Crippen LogP contribution in [0, 0.1) is 5.92 Å². The van der Waals surface area contributed by atoms with Gasteiger partial charge in [0.25, 0.3) is 11.5 Å². The standard InChI is InChI=1S/C16H21N5O3S/c1-11-3-2-4-20(10-11)16-18-21-14(23)12(9-17-15(21)25-16)13(22)19-5-7-24-8-6-19/h9,11H,2-8,10H2,1H3/t11-/m0/s1. The zero-order valence-corrected chi connectivity index (χ0v) is 15.0. The molecule has 4 rings (SSSR count). The van der Waals surface area contributed by atoms with Crippen molar-refractivity contribution in [1.29, 1.82) is 0 Å². The van der Waals surface area contributed by atoms with E-state index >= 15 is 0 Å². The maximum atomic E-state index is 12.7. The third-order valence-corrected chi connectivity index (χ3v) is 5.72. The Labute approximate surface area is 149 Å². The predicted molar refractivity (Wildman–Crippen MR) is 94.5 cm³/mol. The van der Waals surface area contributed by atoms with Crippen molar-refractivity contribution >= 4 is 27.3 Å². The van der Waals surface area contributed by atoms with E-state index in [0.717, 1.165) is 24.6 Å². The van der Waals surface area contributed by atoms with Gasteiger partial charge in [0.05, 0.1) is 13.2 Å². The van der Waals surface area contributed by atoms with E-state index in [2.05, 4.69) is 21.9 Å². The highest BCUT2D eigenvalue weighted by Crippen LogP contribution is 2.26. The summed E-state index contributed by atoms with van der Waals surface area (Å²) in [5.41, 5.74) is -0.322. The van der Waals surface area contributed by atoms with E-state index in [1.165, 1.54) is 28.5 Å². The molecule has 2 fully saturated rings. The number of fused-ring (bicyclic) bond motifs is 1. The molecule has 2 aliphatic heterocycles. The smallest absolute Gasteiger partial charge is 0.288 e. The highest BCUT2D eigenvalue weighted by atomic mass is 32.1. The molecule has 0 spiro atoms. The number of ether oxygens (including phenoxy) is 1. The average Bonchev–Trinajstić information content (AvgIpc) is 3.08. The number of rotatable bonds is 2. The van der Waals surface area contributed by atoms with Gasteiger partial charge < -0.3 is 14.5 Å². The summed E-state index contributed by atoms with van der Waals surface area (Å²) in [7, 11) is 0. The van der Waals surface area contributed by atoms with Crippen molar-refractivity contribution in [3.05, 3.63) is 22.1 Å². The first-order valence-corrected chi connectivity index (χ1v) is 9.46. The number of hydrogen-bond donors (Lipinski definition) is 0. The molecule has 0 aliphatic carbocycles. The molecule has 2 saturated heterocycles. The number of carbonyl (C=O) groups is 1. The fourth-order valence-electron chi connectivity index (χ4n) is 3.35. The summed E-state index contributed by atoms with van der Waals surface area (Å²) in [4.78, 5) is 34.0. The molecule has 0 saturated carbocycles. The summed E-state index contributed by atoms with van der Waals surface area (Å²) in [5.74, 6) is 0.320. The molecular formula is C16H21N5O3S. The minimum atomic E-state index is -0.394. The number of piperidine rings is 1. The fourth-order valence-corrected chi connectivity index (χ4v) is 4.25. The molecule has 2 aromatic heterocycles. The molecule has 0 unspecified atom stereocenters. The van der Waals surface area contributed by atoms with E-state index in [-0.39, 0.29) is 11.5 Å². The van der Waals surface area contributed by atoms with E-state index in [1.807, 2.05) is 0 Å². The molecule has 9 heteroatoms. The van der Waals surface area contributed by atoms with Gasteiger partial charge in [-0.05, 0) is 18.8 Å². The van der Waals surface area contributed by atoms with Crippen LogP contribution in [0.5, 0.6) is 0 Å². The van der Waals surface area contributed by atoms with Crippen LogP contribution in [-0.2, 0) is 4.74 Å². The van der Waals surface area contributed by atoms with Crippen LogP contribution in [0.3, 0.4) is 0 Å². The van der Waals surface area contributed by atoms with Crippen molar-refractivity contribution in [2.24, 2.45) is 5.92 Å². The molecule has 0 bridgehead atoms. The van der Waals surface area contributed by atoms with Gasteiger partial charge in [-0.25, -0.2) is 4.98 Å². The Balaban J connectivity index is 1.65. The third kappa shape index (κ3) is 3.13. The second-order valence-corrected chi connectivity index (χ2v) is 7.59. The number of aromatic nitrogens is 3. The van der Waals surface area contributed by atoms with Crippen LogP contribution in [0.15, 0.2) is 11.0 Å². The minimum Gasteiger partial charge on any atom is -0.378 e. The van der Waals surface area contributed by atoms with Gasteiger partial charge >= 0.3 is 0 Å².